The molecule has 0 bridgehead atoms. The summed E-state index contributed by atoms with van der Waals surface area (Å²) in [7, 11) is 0. The quantitative estimate of drug-likeness (QED) is 0.883. The summed E-state index contributed by atoms with van der Waals surface area (Å²) >= 11 is 0. The number of aromatic nitrogens is 2. The Balaban J connectivity index is 1.76. The first-order valence-corrected chi connectivity index (χ1v) is 9.34. The van der Waals surface area contributed by atoms with E-state index in [4.69, 9.17) is 0 Å². The summed E-state index contributed by atoms with van der Waals surface area (Å²) in [5, 5.41) is 6.40. The topological polar surface area (TPSA) is 70.2 Å². The van der Waals surface area contributed by atoms with Gasteiger partial charge in [0, 0.05) is 12.2 Å². The number of aryl methyl sites for hydroxylation is 2. The highest BCUT2D eigenvalue weighted by Gasteiger charge is 2.32. The second-order valence-electron chi connectivity index (χ2n) is 7.52. The molecule has 26 heavy (non-hydrogen) atoms. The summed E-state index contributed by atoms with van der Waals surface area (Å²) in [5.74, 6) is 2.62. The number of benzene rings is 1. The molecule has 1 amide bonds. The molecule has 1 aromatic heterocycles. The molecule has 0 fully saturated rings. The van der Waals surface area contributed by atoms with E-state index >= 15 is 0 Å². The van der Waals surface area contributed by atoms with Crippen LogP contribution in [0.2, 0.25) is 0 Å². The van der Waals surface area contributed by atoms with Gasteiger partial charge in [-0.05, 0) is 43.7 Å². The molecule has 3 heterocycles. The van der Waals surface area contributed by atoms with E-state index in [1.54, 1.807) is 0 Å². The van der Waals surface area contributed by atoms with Crippen molar-refractivity contribution in [1.29, 1.82) is 0 Å². The highest BCUT2D eigenvalue weighted by molar-refractivity contribution is 6.05. The lowest BCUT2D eigenvalue weighted by molar-refractivity contribution is -0.117. The summed E-state index contributed by atoms with van der Waals surface area (Å²) in [5.41, 5.74) is 3.17. The van der Waals surface area contributed by atoms with Gasteiger partial charge in [0.05, 0.1) is 0 Å². The number of carbonyl (C=O) groups excluding carboxylic acids is 1. The second kappa shape index (κ2) is 6.59. The van der Waals surface area contributed by atoms with Crippen molar-refractivity contribution in [2.24, 2.45) is 5.92 Å². The number of rotatable bonds is 3. The molecule has 0 saturated heterocycles. The van der Waals surface area contributed by atoms with E-state index in [0.717, 1.165) is 43.1 Å². The maximum Gasteiger partial charge on any atom is 0.247 e. The number of anilines is 4. The molecular weight excluding hydrogens is 326 g/mol. The van der Waals surface area contributed by atoms with Crippen molar-refractivity contribution < 1.29 is 4.79 Å². The minimum absolute atomic E-state index is 0.00908. The molecule has 1 unspecified atom stereocenters. The van der Waals surface area contributed by atoms with Gasteiger partial charge in [0.15, 0.2) is 11.6 Å². The standard InChI is InChI=1S/C20H25N5O/c1-12(2)11-15-20(26)24-17-18(23-15)21-13(3)22-19(17)25-10-6-8-14-7-4-5-9-16(14)25/h4-5,7,9,12,15H,6,8,10-11H2,1-3H3,(H,24,26)(H,21,22,23). The normalized spacial score (nSPS) is 18.8. The van der Waals surface area contributed by atoms with Crippen molar-refractivity contribution in [2.75, 3.05) is 22.1 Å². The van der Waals surface area contributed by atoms with E-state index in [9.17, 15) is 4.79 Å². The van der Waals surface area contributed by atoms with E-state index in [-0.39, 0.29) is 11.9 Å². The van der Waals surface area contributed by atoms with Gasteiger partial charge < -0.3 is 15.5 Å². The van der Waals surface area contributed by atoms with Gasteiger partial charge in [0.1, 0.15) is 17.6 Å². The lowest BCUT2D eigenvalue weighted by Crippen LogP contribution is -2.41. The van der Waals surface area contributed by atoms with Gasteiger partial charge >= 0.3 is 0 Å². The van der Waals surface area contributed by atoms with Crippen LogP contribution >= 0.6 is 0 Å². The largest absolute Gasteiger partial charge is 0.356 e. The van der Waals surface area contributed by atoms with Crippen molar-refractivity contribution in [3.8, 4) is 0 Å². The molecule has 2 aliphatic rings. The highest BCUT2D eigenvalue weighted by atomic mass is 16.2. The van der Waals surface area contributed by atoms with Crippen LogP contribution in [0.5, 0.6) is 0 Å². The van der Waals surface area contributed by atoms with Gasteiger partial charge in [-0.2, -0.15) is 0 Å². The first-order chi connectivity index (χ1) is 12.5. The summed E-state index contributed by atoms with van der Waals surface area (Å²) in [6.45, 7) is 7.01. The Bertz CT molecular complexity index is 848. The molecule has 0 radical (unpaired) electrons. The number of fused-ring (bicyclic) bond motifs is 2. The molecule has 1 atom stereocenters. The number of amides is 1. The Morgan fingerprint density at radius 2 is 2.08 bits per heavy atom. The van der Waals surface area contributed by atoms with Crippen molar-refractivity contribution in [3.63, 3.8) is 0 Å². The Morgan fingerprint density at radius 3 is 2.88 bits per heavy atom. The van der Waals surface area contributed by atoms with Crippen LogP contribution in [0, 0.1) is 12.8 Å². The van der Waals surface area contributed by atoms with E-state index < -0.39 is 0 Å². The van der Waals surface area contributed by atoms with E-state index in [1.165, 1.54) is 5.56 Å². The smallest absolute Gasteiger partial charge is 0.247 e. The minimum Gasteiger partial charge on any atom is -0.356 e. The molecule has 2 N–H and O–H groups in total. The van der Waals surface area contributed by atoms with E-state index in [1.807, 2.05) is 13.0 Å². The third-order valence-corrected chi connectivity index (χ3v) is 4.95. The van der Waals surface area contributed by atoms with Crippen LogP contribution in [0.1, 0.15) is 38.1 Å². The van der Waals surface area contributed by atoms with Gasteiger partial charge in [-0.15, -0.1) is 0 Å². The summed E-state index contributed by atoms with van der Waals surface area (Å²) in [6, 6.07) is 8.16. The minimum atomic E-state index is -0.252. The van der Waals surface area contributed by atoms with Gasteiger partial charge in [0.2, 0.25) is 5.91 Å². The molecule has 0 aliphatic carbocycles. The zero-order chi connectivity index (χ0) is 18.3. The van der Waals surface area contributed by atoms with Crippen molar-refractivity contribution in [2.45, 2.75) is 46.1 Å². The number of nitrogens with one attached hydrogen (secondary N) is 2. The lowest BCUT2D eigenvalue weighted by atomic mass is 10.0. The molecule has 2 aromatic rings. The number of nitrogens with zero attached hydrogens (tertiary/aromatic N) is 3. The van der Waals surface area contributed by atoms with Crippen molar-refractivity contribution in [3.05, 3.63) is 35.7 Å². The average Bonchev–Trinajstić information content (AvgIpc) is 2.61. The van der Waals surface area contributed by atoms with E-state index in [0.29, 0.717) is 17.4 Å². The van der Waals surface area contributed by atoms with Crippen LogP contribution in [0.15, 0.2) is 24.3 Å². The predicted molar refractivity (Wildman–Crippen MR) is 104 cm³/mol. The fourth-order valence-electron chi connectivity index (χ4n) is 3.80. The van der Waals surface area contributed by atoms with Gasteiger partial charge in [0.25, 0.3) is 0 Å². The monoisotopic (exact) mass is 351 g/mol. The molecule has 2 aliphatic heterocycles. The first kappa shape index (κ1) is 16.8. The van der Waals surface area contributed by atoms with Crippen LogP contribution < -0.4 is 15.5 Å². The molecule has 0 saturated carbocycles. The van der Waals surface area contributed by atoms with E-state index in [2.05, 4.69) is 57.5 Å². The zero-order valence-corrected chi connectivity index (χ0v) is 15.5. The SMILES string of the molecule is Cc1nc2c(c(N3CCCc4ccccc43)n1)NC(=O)C(CC(C)C)N2. The highest BCUT2D eigenvalue weighted by Crippen LogP contribution is 2.40. The zero-order valence-electron chi connectivity index (χ0n) is 15.5. The van der Waals surface area contributed by atoms with Crippen LogP contribution in [0.3, 0.4) is 0 Å². The van der Waals surface area contributed by atoms with Gasteiger partial charge in [-0.3, -0.25) is 4.79 Å². The maximum atomic E-state index is 12.6. The van der Waals surface area contributed by atoms with Gasteiger partial charge in [-0.25, -0.2) is 9.97 Å². The van der Waals surface area contributed by atoms with Crippen molar-refractivity contribution >= 4 is 28.9 Å². The fourth-order valence-corrected chi connectivity index (χ4v) is 3.80. The maximum absolute atomic E-state index is 12.6. The first-order valence-electron chi connectivity index (χ1n) is 9.34. The number of para-hydroxylation sites is 1. The Kier molecular flexibility index (Phi) is 4.26. The molecule has 1 aromatic carbocycles. The summed E-state index contributed by atoms with van der Waals surface area (Å²) in [6.07, 6.45) is 2.91. The third kappa shape index (κ3) is 3.00. The summed E-state index contributed by atoms with van der Waals surface area (Å²) in [4.78, 5) is 24.1. The van der Waals surface area contributed by atoms with Crippen LogP contribution in [0.25, 0.3) is 0 Å². The average molecular weight is 351 g/mol. The lowest BCUT2D eigenvalue weighted by Gasteiger charge is -2.34. The number of hydrogen-bond acceptors (Lipinski definition) is 5. The molecule has 6 heteroatoms. The Hall–Kier alpha value is -2.63. The molecule has 0 spiro atoms. The predicted octanol–water partition coefficient (Wildman–Crippen LogP) is 3.65. The fraction of sp³-hybridized carbons (Fsp3) is 0.450. The van der Waals surface area contributed by atoms with Crippen LogP contribution in [-0.4, -0.2) is 28.5 Å². The molecule has 136 valence electrons. The number of hydrogen-bond donors (Lipinski definition) is 2. The van der Waals surface area contributed by atoms with Crippen molar-refractivity contribution in [1.82, 2.24) is 9.97 Å². The second-order valence-corrected chi connectivity index (χ2v) is 7.52. The van der Waals surface area contributed by atoms with Gasteiger partial charge in [-0.1, -0.05) is 32.0 Å². The van der Waals surface area contributed by atoms with Crippen LogP contribution in [0.4, 0.5) is 23.0 Å². The summed E-state index contributed by atoms with van der Waals surface area (Å²) < 4.78 is 0. The molecular formula is C20H25N5O. The number of carbonyl (C=O) groups is 1. The molecule has 6 nitrogen and oxygen atoms in total. The Labute approximate surface area is 154 Å². The molecule has 4 rings (SSSR count). The van der Waals surface area contributed by atoms with Crippen LogP contribution in [-0.2, 0) is 11.2 Å². The Morgan fingerprint density at radius 1 is 1.27 bits per heavy atom. The third-order valence-electron chi connectivity index (χ3n) is 4.95.